The summed E-state index contributed by atoms with van der Waals surface area (Å²) in [5, 5.41) is 5.88. The van der Waals surface area contributed by atoms with Gasteiger partial charge in [-0.3, -0.25) is 19.2 Å². The molecule has 194 valence electrons. The van der Waals surface area contributed by atoms with Crippen molar-refractivity contribution in [1.29, 1.82) is 0 Å². The van der Waals surface area contributed by atoms with E-state index in [1.54, 1.807) is 36.4 Å². The summed E-state index contributed by atoms with van der Waals surface area (Å²) in [5.41, 5.74) is 1.37. The normalized spacial score (nSPS) is 19.6. The van der Waals surface area contributed by atoms with Crippen LogP contribution in [0.1, 0.15) is 24.0 Å². The third-order valence-corrected chi connectivity index (χ3v) is 6.65. The molecule has 38 heavy (non-hydrogen) atoms. The number of nitrogens with one attached hydrogen (secondary N) is 2. The predicted octanol–water partition coefficient (Wildman–Crippen LogP) is 2.81. The minimum absolute atomic E-state index is 0.0759. The van der Waals surface area contributed by atoms with Crippen LogP contribution in [0.4, 0.5) is 20.2 Å². The first kappa shape index (κ1) is 25.4. The van der Waals surface area contributed by atoms with E-state index in [4.69, 9.17) is 0 Å². The molecule has 2 N–H and O–H groups in total. The van der Waals surface area contributed by atoms with Gasteiger partial charge in [-0.25, -0.2) is 18.6 Å². The second-order valence-corrected chi connectivity index (χ2v) is 9.11. The van der Waals surface area contributed by atoms with Crippen molar-refractivity contribution in [3.63, 3.8) is 0 Å². The number of carbonyl (C=O) groups is 4. The van der Waals surface area contributed by atoms with Gasteiger partial charge in [0.15, 0.2) is 0 Å². The molecule has 8 nitrogen and oxygen atoms in total. The number of halogens is 2. The number of benzene rings is 3. The van der Waals surface area contributed by atoms with E-state index in [-0.39, 0.29) is 25.9 Å². The number of carbonyl (C=O) groups excluding carboxylic acids is 4. The molecule has 2 heterocycles. The molecule has 0 bridgehead atoms. The van der Waals surface area contributed by atoms with Gasteiger partial charge in [0.05, 0.1) is 36.3 Å². The van der Waals surface area contributed by atoms with E-state index in [2.05, 4.69) is 10.6 Å². The quantitative estimate of drug-likeness (QED) is 0.445. The Morgan fingerprint density at radius 1 is 0.605 bits per heavy atom. The third kappa shape index (κ3) is 4.96. The molecule has 0 saturated carbocycles. The molecular formula is C28H24F2N4O4. The van der Waals surface area contributed by atoms with Crippen LogP contribution in [0.5, 0.6) is 0 Å². The zero-order chi connectivity index (χ0) is 26.8. The molecule has 0 radical (unpaired) electrons. The van der Waals surface area contributed by atoms with Crippen molar-refractivity contribution in [2.24, 2.45) is 0 Å². The summed E-state index contributed by atoms with van der Waals surface area (Å²) in [6.45, 7) is 0.183. The highest BCUT2D eigenvalue weighted by molar-refractivity contribution is 6.24. The predicted molar refractivity (Wildman–Crippen MR) is 135 cm³/mol. The van der Waals surface area contributed by atoms with E-state index in [9.17, 15) is 28.0 Å². The summed E-state index contributed by atoms with van der Waals surface area (Å²) in [5.74, 6) is -2.58. The van der Waals surface area contributed by atoms with Gasteiger partial charge in [-0.1, -0.05) is 36.4 Å². The maximum absolute atomic E-state index is 13.9. The van der Waals surface area contributed by atoms with Gasteiger partial charge >= 0.3 is 0 Å². The van der Waals surface area contributed by atoms with Crippen LogP contribution in [0.25, 0.3) is 0 Å². The zero-order valence-corrected chi connectivity index (χ0v) is 20.2. The van der Waals surface area contributed by atoms with Crippen LogP contribution in [-0.2, 0) is 32.3 Å². The Morgan fingerprint density at radius 2 is 0.974 bits per heavy atom. The Morgan fingerprint density at radius 3 is 1.34 bits per heavy atom. The first-order chi connectivity index (χ1) is 18.3. The average Bonchev–Trinajstić information content (AvgIpc) is 3.36. The lowest BCUT2D eigenvalue weighted by atomic mass is 10.2. The van der Waals surface area contributed by atoms with Gasteiger partial charge in [0.1, 0.15) is 11.6 Å². The van der Waals surface area contributed by atoms with Crippen molar-refractivity contribution in [3.8, 4) is 0 Å². The summed E-state index contributed by atoms with van der Waals surface area (Å²) >= 11 is 0. The smallest absolute Gasteiger partial charge is 0.251 e. The standard InChI is InChI=1S/C28H24F2N4O4/c29-21-7-3-1-5-17(21)15-31-23-13-25(35)33(27(23)37)19-9-11-20(12-10-19)34-26(36)14-24(28(34)38)32-16-18-6-2-4-8-22(18)30/h1-12,23-24,31-32H,13-16H2. The number of anilines is 2. The Labute approximate surface area is 217 Å². The topological polar surface area (TPSA) is 98.8 Å². The molecular weight excluding hydrogens is 494 g/mol. The monoisotopic (exact) mass is 518 g/mol. The molecule has 2 aliphatic heterocycles. The van der Waals surface area contributed by atoms with Crippen molar-refractivity contribution >= 4 is 35.0 Å². The maximum Gasteiger partial charge on any atom is 0.251 e. The average molecular weight is 519 g/mol. The highest BCUT2D eigenvalue weighted by Crippen LogP contribution is 2.29. The van der Waals surface area contributed by atoms with Crippen molar-refractivity contribution < 1.29 is 28.0 Å². The first-order valence-electron chi connectivity index (χ1n) is 12.1. The van der Waals surface area contributed by atoms with Gasteiger partial charge in [0.2, 0.25) is 11.8 Å². The van der Waals surface area contributed by atoms with Crippen molar-refractivity contribution in [2.45, 2.75) is 38.0 Å². The molecule has 10 heteroatoms. The molecule has 2 saturated heterocycles. The molecule has 4 amide bonds. The Hall–Kier alpha value is -4.28. The Balaban J connectivity index is 1.23. The summed E-state index contributed by atoms with van der Waals surface area (Å²) in [6, 6.07) is 16.7. The van der Waals surface area contributed by atoms with Crippen LogP contribution in [0.2, 0.25) is 0 Å². The fourth-order valence-electron chi connectivity index (χ4n) is 4.63. The highest BCUT2D eigenvalue weighted by atomic mass is 19.1. The summed E-state index contributed by atoms with van der Waals surface area (Å²) in [4.78, 5) is 53.1. The zero-order valence-electron chi connectivity index (χ0n) is 20.2. The second kappa shape index (κ2) is 10.6. The summed E-state index contributed by atoms with van der Waals surface area (Å²) in [6.07, 6.45) is -0.152. The van der Waals surface area contributed by atoms with Crippen LogP contribution in [-0.4, -0.2) is 35.7 Å². The molecule has 3 aromatic carbocycles. The number of amides is 4. The Bertz CT molecular complexity index is 1310. The SMILES string of the molecule is O=C1CC(NCc2ccccc2F)C(=O)N1c1ccc(N2C(=O)CC(NCc3ccccc3F)C2=O)cc1. The van der Waals surface area contributed by atoms with Gasteiger partial charge in [-0.15, -0.1) is 0 Å². The molecule has 2 fully saturated rings. The lowest BCUT2D eigenvalue weighted by molar-refractivity contribution is -0.123. The van der Waals surface area contributed by atoms with E-state index in [1.807, 2.05) is 0 Å². The van der Waals surface area contributed by atoms with Crippen LogP contribution in [0.15, 0.2) is 72.8 Å². The van der Waals surface area contributed by atoms with E-state index in [0.29, 0.717) is 22.5 Å². The number of hydrogen-bond acceptors (Lipinski definition) is 6. The van der Waals surface area contributed by atoms with E-state index >= 15 is 0 Å². The van der Waals surface area contributed by atoms with Gasteiger partial charge in [-0.2, -0.15) is 0 Å². The van der Waals surface area contributed by atoms with Crippen molar-refractivity contribution in [2.75, 3.05) is 9.80 Å². The highest BCUT2D eigenvalue weighted by Gasteiger charge is 2.41. The molecule has 2 atom stereocenters. The summed E-state index contributed by atoms with van der Waals surface area (Å²) in [7, 11) is 0. The van der Waals surface area contributed by atoms with Crippen LogP contribution < -0.4 is 20.4 Å². The van der Waals surface area contributed by atoms with Crippen molar-refractivity contribution in [1.82, 2.24) is 10.6 Å². The van der Waals surface area contributed by atoms with Gasteiger partial charge in [-0.05, 0) is 36.4 Å². The Kier molecular flexibility index (Phi) is 7.08. The number of hydrogen-bond donors (Lipinski definition) is 2. The van der Waals surface area contributed by atoms with E-state index in [0.717, 1.165) is 9.80 Å². The molecule has 3 aromatic rings. The number of rotatable bonds is 8. The molecule has 2 unspecified atom stereocenters. The minimum Gasteiger partial charge on any atom is -0.301 e. The van der Waals surface area contributed by atoms with Crippen LogP contribution >= 0.6 is 0 Å². The maximum atomic E-state index is 13.9. The lowest BCUT2D eigenvalue weighted by Gasteiger charge is -2.19. The molecule has 2 aliphatic rings. The number of nitrogens with zero attached hydrogens (tertiary/aromatic N) is 2. The number of imide groups is 2. The fourth-order valence-corrected chi connectivity index (χ4v) is 4.63. The second-order valence-electron chi connectivity index (χ2n) is 9.11. The molecule has 0 spiro atoms. The molecule has 5 rings (SSSR count). The van der Waals surface area contributed by atoms with Crippen LogP contribution in [0, 0.1) is 11.6 Å². The summed E-state index contributed by atoms with van der Waals surface area (Å²) < 4.78 is 27.8. The fraction of sp³-hybridized carbons (Fsp3) is 0.214. The minimum atomic E-state index is -0.801. The largest absolute Gasteiger partial charge is 0.301 e. The van der Waals surface area contributed by atoms with Gasteiger partial charge < -0.3 is 10.6 Å². The third-order valence-electron chi connectivity index (χ3n) is 6.65. The van der Waals surface area contributed by atoms with E-state index < -0.39 is 47.3 Å². The first-order valence-corrected chi connectivity index (χ1v) is 12.1. The molecule has 0 aliphatic carbocycles. The molecule has 0 aromatic heterocycles. The van der Waals surface area contributed by atoms with Gasteiger partial charge in [0.25, 0.3) is 11.8 Å². The van der Waals surface area contributed by atoms with Crippen molar-refractivity contribution in [3.05, 3.63) is 95.6 Å². The van der Waals surface area contributed by atoms with Crippen LogP contribution in [0.3, 0.4) is 0 Å². The van der Waals surface area contributed by atoms with Gasteiger partial charge in [0, 0.05) is 24.2 Å². The van der Waals surface area contributed by atoms with E-state index in [1.165, 1.54) is 36.4 Å². The lowest BCUT2D eigenvalue weighted by Crippen LogP contribution is -2.39.